The van der Waals surface area contributed by atoms with Gasteiger partial charge in [-0.05, 0) is 86.6 Å². The molecule has 196 valence electrons. The van der Waals surface area contributed by atoms with Gasteiger partial charge in [-0.2, -0.15) is 0 Å². The van der Waals surface area contributed by atoms with Crippen LogP contribution in [0.2, 0.25) is 0 Å². The third-order valence-electron chi connectivity index (χ3n) is 9.01. The molecule has 3 heterocycles. The number of benzene rings is 1. The molecular formula is C30H41N7. The van der Waals surface area contributed by atoms with Gasteiger partial charge in [-0.3, -0.25) is 0 Å². The van der Waals surface area contributed by atoms with Crippen molar-refractivity contribution < 1.29 is 0 Å². The van der Waals surface area contributed by atoms with Gasteiger partial charge in [0.15, 0.2) is 0 Å². The maximum Gasteiger partial charge on any atom is 0.145 e. The summed E-state index contributed by atoms with van der Waals surface area (Å²) >= 11 is 0. The number of nitrogens with one attached hydrogen (secondary N) is 1. The van der Waals surface area contributed by atoms with Crippen molar-refractivity contribution >= 4 is 27.9 Å². The highest BCUT2D eigenvalue weighted by molar-refractivity contribution is 5.86. The summed E-state index contributed by atoms with van der Waals surface area (Å²) in [6.07, 6.45) is 12.4. The molecule has 7 heteroatoms. The van der Waals surface area contributed by atoms with Crippen LogP contribution < -0.4 is 5.73 Å². The minimum atomic E-state index is 0.159. The average molecular weight is 500 g/mol. The zero-order chi connectivity index (χ0) is 25.7. The molecule has 2 saturated carbocycles. The van der Waals surface area contributed by atoms with Gasteiger partial charge in [-0.15, -0.1) is 0 Å². The standard InChI is InChI=1S/C30H41N7/c1-30(2,3)21-7-9-25-26(16-21)35-27(34-25)10-6-19-13-23(14-19)36(4)17-20-5-8-22(15-20)37-12-11-24-28(31)32-18-33-29(24)37/h7,9,11-12,16,18-20,22-23H,5-6,8,10,13-15,17H2,1-4H3,(H,34,35)(H2,31,32,33)/t19?,20-,22+,23?/m1/s1. The Labute approximate surface area is 219 Å². The Hall–Kier alpha value is -2.93. The molecule has 2 aliphatic rings. The highest BCUT2D eigenvalue weighted by Gasteiger charge is 2.34. The fraction of sp³-hybridized carbons (Fsp3) is 0.567. The minimum absolute atomic E-state index is 0.159. The molecule has 1 aromatic carbocycles. The maximum absolute atomic E-state index is 6.04. The Morgan fingerprint density at radius 2 is 1.92 bits per heavy atom. The number of H-pyrrole nitrogens is 1. The fourth-order valence-electron chi connectivity index (χ4n) is 6.59. The van der Waals surface area contributed by atoms with E-state index in [1.54, 1.807) is 6.33 Å². The molecule has 0 radical (unpaired) electrons. The molecule has 2 fully saturated rings. The van der Waals surface area contributed by atoms with Gasteiger partial charge in [0.2, 0.25) is 0 Å². The van der Waals surface area contributed by atoms with Crippen molar-refractivity contribution in [3.05, 3.63) is 48.2 Å². The first-order valence-electron chi connectivity index (χ1n) is 14.0. The van der Waals surface area contributed by atoms with E-state index in [1.165, 1.54) is 56.1 Å². The van der Waals surface area contributed by atoms with Crippen molar-refractivity contribution in [2.45, 2.75) is 83.2 Å². The summed E-state index contributed by atoms with van der Waals surface area (Å²) in [7, 11) is 2.33. The monoisotopic (exact) mass is 499 g/mol. The predicted octanol–water partition coefficient (Wildman–Crippen LogP) is 5.87. The van der Waals surface area contributed by atoms with Crippen LogP contribution in [0.4, 0.5) is 5.82 Å². The van der Waals surface area contributed by atoms with Crippen LogP contribution in [0.3, 0.4) is 0 Å². The summed E-state index contributed by atoms with van der Waals surface area (Å²) in [4.78, 5) is 19.7. The largest absolute Gasteiger partial charge is 0.383 e. The van der Waals surface area contributed by atoms with Gasteiger partial charge in [-0.1, -0.05) is 26.8 Å². The summed E-state index contributed by atoms with van der Waals surface area (Å²) in [5.41, 5.74) is 10.8. The maximum atomic E-state index is 6.04. The lowest BCUT2D eigenvalue weighted by atomic mass is 9.76. The average Bonchev–Trinajstić information content (AvgIpc) is 3.55. The van der Waals surface area contributed by atoms with Crippen LogP contribution in [0.15, 0.2) is 36.8 Å². The number of nitrogens with zero attached hydrogens (tertiary/aromatic N) is 5. The van der Waals surface area contributed by atoms with Crippen molar-refractivity contribution in [3.63, 3.8) is 0 Å². The molecule has 0 unspecified atom stereocenters. The highest BCUT2D eigenvalue weighted by Crippen LogP contribution is 2.40. The number of fused-ring (bicyclic) bond motifs is 2. The van der Waals surface area contributed by atoms with Gasteiger partial charge in [0, 0.05) is 31.2 Å². The number of hydrogen-bond acceptors (Lipinski definition) is 5. The third-order valence-corrected chi connectivity index (χ3v) is 9.01. The lowest BCUT2D eigenvalue weighted by Crippen LogP contribution is -2.44. The third kappa shape index (κ3) is 4.86. The summed E-state index contributed by atoms with van der Waals surface area (Å²) in [5, 5.41) is 0.973. The molecule has 3 N–H and O–H groups in total. The highest BCUT2D eigenvalue weighted by atomic mass is 15.1. The summed E-state index contributed by atoms with van der Waals surface area (Å²) in [6, 6.07) is 9.97. The van der Waals surface area contributed by atoms with Crippen molar-refractivity contribution in [3.8, 4) is 0 Å². The number of rotatable bonds is 7. The van der Waals surface area contributed by atoms with E-state index < -0.39 is 0 Å². The fourth-order valence-corrected chi connectivity index (χ4v) is 6.59. The van der Waals surface area contributed by atoms with Crippen LogP contribution in [0.5, 0.6) is 0 Å². The normalized spacial score (nSPS) is 24.4. The molecule has 7 nitrogen and oxygen atoms in total. The van der Waals surface area contributed by atoms with Gasteiger partial charge in [-0.25, -0.2) is 15.0 Å². The van der Waals surface area contributed by atoms with Gasteiger partial charge >= 0.3 is 0 Å². The molecule has 0 saturated heterocycles. The molecule has 4 aromatic rings. The summed E-state index contributed by atoms with van der Waals surface area (Å²) in [5.74, 6) is 3.28. The molecule has 0 aliphatic heterocycles. The van der Waals surface area contributed by atoms with Gasteiger partial charge < -0.3 is 20.2 Å². The Bertz CT molecular complexity index is 1390. The van der Waals surface area contributed by atoms with Crippen LogP contribution >= 0.6 is 0 Å². The van der Waals surface area contributed by atoms with Gasteiger partial charge in [0.25, 0.3) is 0 Å². The Balaban J connectivity index is 0.972. The molecule has 2 atom stereocenters. The Morgan fingerprint density at radius 1 is 1.08 bits per heavy atom. The predicted molar refractivity (Wildman–Crippen MR) is 151 cm³/mol. The van der Waals surface area contributed by atoms with Gasteiger partial charge in [0.1, 0.15) is 23.6 Å². The minimum Gasteiger partial charge on any atom is -0.383 e. The van der Waals surface area contributed by atoms with Crippen LogP contribution in [0, 0.1) is 11.8 Å². The van der Waals surface area contributed by atoms with Crippen molar-refractivity contribution in [1.82, 2.24) is 29.4 Å². The Kier molecular flexibility index (Phi) is 6.22. The van der Waals surface area contributed by atoms with Crippen molar-refractivity contribution in [2.24, 2.45) is 11.8 Å². The number of hydrogen-bond donors (Lipinski definition) is 2. The second-order valence-corrected chi connectivity index (χ2v) is 12.7. The van der Waals surface area contributed by atoms with Crippen LogP contribution in [0.1, 0.15) is 76.7 Å². The van der Waals surface area contributed by atoms with E-state index in [1.807, 2.05) is 0 Å². The van der Waals surface area contributed by atoms with Crippen LogP contribution in [-0.4, -0.2) is 49.0 Å². The molecule has 0 bridgehead atoms. The molecule has 0 spiro atoms. The number of nitrogen functional groups attached to an aromatic ring is 1. The zero-order valence-corrected chi connectivity index (χ0v) is 22.7. The quantitative estimate of drug-likeness (QED) is 0.332. The van der Waals surface area contributed by atoms with Gasteiger partial charge in [0.05, 0.1) is 16.4 Å². The smallest absolute Gasteiger partial charge is 0.145 e. The van der Waals surface area contributed by atoms with E-state index in [0.717, 1.165) is 46.7 Å². The number of aryl methyl sites for hydroxylation is 1. The molecule has 37 heavy (non-hydrogen) atoms. The van der Waals surface area contributed by atoms with E-state index in [4.69, 9.17) is 10.7 Å². The molecular weight excluding hydrogens is 458 g/mol. The molecule has 2 aliphatic carbocycles. The molecule has 0 amide bonds. The SMILES string of the molecule is CN(C[C@@H]1CC[C@H](n2ccc3c(N)ncnc32)C1)C1CC(CCc2nc3ccc(C(C)(C)C)cc3[nH]2)C1. The van der Waals surface area contributed by atoms with Crippen LogP contribution in [0.25, 0.3) is 22.1 Å². The zero-order valence-electron chi connectivity index (χ0n) is 22.7. The van der Waals surface area contributed by atoms with Crippen molar-refractivity contribution in [2.75, 3.05) is 19.3 Å². The number of aromatic amines is 1. The first-order chi connectivity index (χ1) is 17.7. The Morgan fingerprint density at radius 3 is 2.73 bits per heavy atom. The summed E-state index contributed by atoms with van der Waals surface area (Å²) < 4.78 is 2.33. The first kappa shape index (κ1) is 24.4. The molecule has 6 rings (SSSR count). The van der Waals surface area contributed by atoms with Crippen molar-refractivity contribution in [1.29, 1.82) is 0 Å². The van der Waals surface area contributed by atoms with E-state index in [2.05, 4.69) is 82.7 Å². The first-order valence-corrected chi connectivity index (χ1v) is 14.0. The lowest BCUT2D eigenvalue weighted by molar-refractivity contribution is 0.0828. The number of aromatic nitrogens is 5. The topological polar surface area (TPSA) is 88.7 Å². The van der Waals surface area contributed by atoms with E-state index in [0.29, 0.717) is 11.9 Å². The van der Waals surface area contributed by atoms with E-state index >= 15 is 0 Å². The number of anilines is 1. The summed E-state index contributed by atoms with van der Waals surface area (Å²) in [6.45, 7) is 7.98. The van der Waals surface area contributed by atoms with Crippen LogP contribution in [-0.2, 0) is 11.8 Å². The van der Waals surface area contributed by atoms with E-state index in [9.17, 15) is 0 Å². The molecule has 3 aromatic heterocycles. The second kappa shape index (κ2) is 9.43. The lowest BCUT2D eigenvalue weighted by Gasteiger charge is -2.42. The number of imidazole rings is 1. The number of nitrogens with two attached hydrogens (primary N) is 1. The second-order valence-electron chi connectivity index (χ2n) is 12.7. The van der Waals surface area contributed by atoms with E-state index in [-0.39, 0.29) is 5.41 Å².